The van der Waals surface area contributed by atoms with Crippen molar-refractivity contribution in [2.24, 2.45) is 5.92 Å². The average molecular weight is 340 g/mol. The molecule has 1 N–H and O–H groups in total. The number of likely N-dealkylation sites (tertiary alicyclic amines) is 1. The van der Waals surface area contributed by atoms with Crippen LogP contribution in [0.5, 0.6) is 0 Å². The van der Waals surface area contributed by atoms with Crippen LogP contribution in [0.2, 0.25) is 0 Å². The molecule has 1 fully saturated rings. The number of carbonyl (C=O) groups is 2. The first-order valence-electron chi connectivity index (χ1n) is 7.65. The number of anilines is 1. The van der Waals surface area contributed by atoms with E-state index in [1.54, 1.807) is 12.0 Å². The van der Waals surface area contributed by atoms with Crippen molar-refractivity contribution in [3.63, 3.8) is 0 Å². The first-order valence-corrected chi connectivity index (χ1v) is 8.47. The number of rotatable bonds is 5. The van der Waals surface area contributed by atoms with Crippen molar-refractivity contribution in [2.45, 2.75) is 45.6 Å². The van der Waals surface area contributed by atoms with Gasteiger partial charge in [-0.15, -0.1) is 10.2 Å². The molecule has 0 aliphatic carbocycles. The first kappa shape index (κ1) is 17.8. The average Bonchev–Trinajstić information content (AvgIpc) is 3.05. The van der Waals surface area contributed by atoms with Gasteiger partial charge in [0.05, 0.1) is 18.6 Å². The van der Waals surface area contributed by atoms with E-state index in [4.69, 9.17) is 4.74 Å². The van der Waals surface area contributed by atoms with Crippen molar-refractivity contribution in [1.29, 1.82) is 0 Å². The van der Waals surface area contributed by atoms with Gasteiger partial charge in [0.15, 0.2) is 0 Å². The molecule has 1 aromatic heterocycles. The zero-order valence-electron chi connectivity index (χ0n) is 14.3. The van der Waals surface area contributed by atoms with Gasteiger partial charge < -0.3 is 15.0 Å². The lowest BCUT2D eigenvalue weighted by atomic mass is 9.98. The van der Waals surface area contributed by atoms with Gasteiger partial charge in [-0.3, -0.25) is 9.59 Å². The lowest BCUT2D eigenvalue weighted by Gasteiger charge is -2.23. The third-order valence-corrected chi connectivity index (χ3v) is 5.03. The van der Waals surface area contributed by atoms with Crippen molar-refractivity contribution < 1.29 is 14.3 Å². The summed E-state index contributed by atoms with van der Waals surface area (Å²) in [5, 5.41) is 12.3. The molecule has 23 heavy (non-hydrogen) atoms. The van der Waals surface area contributed by atoms with Crippen LogP contribution in [0.3, 0.4) is 0 Å². The predicted molar refractivity (Wildman–Crippen MR) is 88.4 cm³/mol. The van der Waals surface area contributed by atoms with Gasteiger partial charge in [0.25, 0.3) is 0 Å². The Morgan fingerprint density at radius 1 is 1.48 bits per heavy atom. The van der Waals surface area contributed by atoms with Crippen LogP contribution in [-0.4, -0.2) is 53.2 Å². The predicted octanol–water partition coefficient (Wildman–Crippen LogP) is 1.66. The first-order chi connectivity index (χ1) is 10.7. The maximum Gasteiger partial charge on any atom is 0.231 e. The standard InChI is InChI=1S/C15H24N4O3S/c1-9(8-22-5)19-7-10(6-11(19)20)12(21)16-14-18-17-13(23-14)15(2,3)4/h9-10H,6-8H2,1-5H3,(H,16,18,21)/t9-,10+/m0/s1. The molecule has 0 bridgehead atoms. The van der Waals surface area contributed by atoms with Crippen molar-refractivity contribution in [1.82, 2.24) is 15.1 Å². The highest BCUT2D eigenvalue weighted by molar-refractivity contribution is 7.15. The van der Waals surface area contributed by atoms with Crippen LogP contribution in [-0.2, 0) is 19.7 Å². The summed E-state index contributed by atoms with van der Waals surface area (Å²) < 4.78 is 5.08. The van der Waals surface area contributed by atoms with E-state index in [0.29, 0.717) is 18.3 Å². The van der Waals surface area contributed by atoms with E-state index in [2.05, 4.69) is 15.5 Å². The lowest BCUT2D eigenvalue weighted by Crippen LogP contribution is -2.38. The molecule has 128 valence electrons. The minimum absolute atomic E-state index is 0.0117. The second-order valence-electron chi connectivity index (χ2n) is 6.90. The maximum absolute atomic E-state index is 12.4. The summed E-state index contributed by atoms with van der Waals surface area (Å²) in [7, 11) is 1.60. The Morgan fingerprint density at radius 2 is 2.17 bits per heavy atom. The zero-order valence-corrected chi connectivity index (χ0v) is 15.1. The molecule has 1 aromatic rings. The Morgan fingerprint density at radius 3 is 2.74 bits per heavy atom. The summed E-state index contributed by atoms with van der Waals surface area (Å²) in [6.07, 6.45) is 0.227. The fraction of sp³-hybridized carbons (Fsp3) is 0.733. The summed E-state index contributed by atoms with van der Waals surface area (Å²) in [6, 6.07) is -0.0284. The SMILES string of the molecule is COC[C@H](C)N1C[C@H](C(=O)Nc2nnc(C(C)(C)C)s2)CC1=O. The Bertz CT molecular complexity index is 582. The molecule has 7 nitrogen and oxygen atoms in total. The normalized spacial score (nSPS) is 20.0. The Hall–Kier alpha value is -1.54. The van der Waals surface area contributed by atoms with E-state index in [1.165, 1.54) is 11.3 Å². The number of methoxy groups -OCH3 is 1. The number of aromatic nitrogens is 2. The fourth-order valence-electron chi connectivity index (χ4n) is 2.45. The van der Waals surface area contributed by atoms with Crippen molar-refractivity contribution >= 4 is 28.3 Å². The minimum atomic E-state index is -0.358. The number of nitrogens with one attached hydrogen (secondary N) is 1. The zero-order chi connectivity index (χ0) is 17.2. The summed E-state index contributed by atoms with van der Waals surface area (Å²) in [5.41, 5.74) is -0.101. The molecule has 0 aromatic carbocycles. The molecule has 8 heteroatoms. The number of ether oxygens (including phenoxy) is 1. The topological polar surface area (TPSA) is 84.4 Å². The molecule has 2 heterocycles. The molecule has 2 rings (SSSR count). The summed E-state index contributed by atoms with van der Waals surface area (Å²) in [4.78, 5) is 26.1. The molecule has 0 saturated carbocycles. The Balaban J connectivity index is 1.97. The van der Waals surface area contributed by atoms with Crippen LogP contribution in [0, 0.1) is 5.92 Å². The number of hydrogen-bond acceptors (Lipinski definition) is 6. The number of amides is 2. The van der Waals surface area contributed by atoms with E-state index in [0.717, 1.165) is 5.01 Å². The second kappa shape index (κ2) is 6.92. The van der Waals surface area contributed by atoms with Crippen LogP contribution in [0.1, 0.15) is 39.1 Å². The van der Waals surface area contributed by atoms with Crippen LogP contribution in [0.25, 0.3) is 0 Å². The van der Waals surface area contributed by atoms with Crippen molar-refractivity contribution in [3.05, 3.63) is 5.01 Å². The van der Waals surface area contributed by atoms with E-state index in [1.807, 2.05) is 27.7 Å². The molecule has 0 unspecified atom stereocenters. The molecular weight excluding hydrogens is 316 g/mol. The van der Waals surface area contributed by atoms with Crippen LogP contribution in [0.4, 0.5) is 5.13 Å². The molecule has 2 amide bonds. The highest BCUT2D eigenvalue weighted by atomic mass is 32.1. The highest BCUT2D eigenvalue weighted by Gasteiger charge is 2.37. The van der Waals surface area contributed by atoms with E-state index >= 15 is 0 Å². The molecule has 1 aliphatic rings. The molecule has 0 radical (unpaired) electrons. The van der Waals surface area contributed by atoms with Gasteiger partial charge in [-0.1, -0.05) is 32.1 Å². The van der Waals surface area contributed by atoms with Gasteiger partial charge >= 0.3 is 0 Å². The maximum atomic E-state index is 12.4. The number of nitrogens with zero attached hydrogens (tertiary/aromatic N) is 3. The smallest absolute Gasteiger partial charge is 0.231 e. The van der Waals surface area contributed by atoms with E-state index in [-0.39, 0.29) is 35.6 Å². The Kier molecular flexibility index (Phi) is 5.36. The van der Waals surface area contributed by atoms with Crippen LogP contribution < -0.4 is 5.32 Å². The van der Waals surface area contributed by atoms with E-state index in [9.17, 15) is 9.59 Å². The third kappa shape index (κ3) is 4.26. The molecule has 2 atom stereocenters. The monoisotopic (exact) mass is 340 g/mol. The van der Waals surface area contributed by atoms with E-state index < -0.39 is 0 Å². The van der Waals surface area contributed by atoms with Crippen LogP contribution >= 0.6 is 11.3 Å². The molecule has 1 saturated heterocycles. The highest BCUT2D eigenvalue weighted by Crippen LogP contribution is 2.28. The molecule has 0 spiro atoms. The molecule has 1 aliphatic heterocycles. The fourth-order valence-corrected chi connectivity index (χ4v) is 3.25. The second-order valence-corrected chi connectivity index (χ2v) is 7.88. The van der Waals surface area contributed by atoms with Crippen molar-refractivity contribution in [3.8, 4) is 0 Å². The third-order valence-electron chi connectivity index (χ3n) is 3.77. The van der Waals surface area contributed by atoms with Gasteiger partial charge in [-0.2, -0.15) is 0 Å². The summed E-state index contributed by atoms with van der Waals surface area (Å²) >= 11 is 1.37. The minimum Gasteiger partial charge on any atom is -0.383 e. The number of hydrogen-bond donors (Lipinski definition) is 1. The van der Waals surface area contributed by atoms with Gasteiger partial charge in [-0.05, 0) is 6.92 Å². The number of carbonyl (C=O) groups excluding carboxylic acids is 2. The van der Waals surface area contributed by atoms with Gasteiger partial charge in [-0.25, -0.2) is 0 Å². The largest absolute Gasteiger partial charge is 0.383 e. The van der Waals surface area contributed by atoms with Gasteiger partial charge in [0, 0.05) is 25.5 Å². The molecular formula is C15H24N4O3S. The Labute approximate surface area is 140 Å². The van der Waals surface area contributed by atoms with Crippen LogP contribution in [0.15, 0.2) is 0 Å². The van der Waals surface area contributed by atoms with Gasteiger partial charge in [0.2, 0.25) is 16.9 Å². The quantitative estimate of drug-likeness (QED) is 0.881. The summed E-state index contributed by atoms with van der Waals surface area (Å²) in [6.45, 7) is 8.94. The van der Waals surface area contributed by atoms with Crippen molar-refractivity contribution in [2.75, 3.05) is 25.6 Å². The summed E-state index contributed by atoms with van der Waals surface area (Å²) in [5.74, 6) is -0.548. The van der Waals surface area contributed by atoms with Gasteiger partial charge in [0.1, 0.15) is 5.01 Å². The lowest BCUT2D eigenvalue weighted by molar-refractivity contribution is -0.130.